The zero-order chi connectivity index (χ0) is 20.7. The van der Waals surface area contributed by atoms with Crippen molar-refractivity contribution < 1.29 is 9.90 Å². The van der Waals surface area contributed by atoms with E-state index >= 15 is 0 Å². The number of amides is 1. The molecule has 8 nitrogen and oxygen atoms in total. The highest BCUT2D eigenvalue weighted by molar-refractivity contribution is 7.18. The number of aliphatic hydroxyl groups is 1. The van der Waals surface area contributed by atoms with E-state index in [9.17, 15) is 9.90 Å². The Morgan fingerprint density at radius 2 is 2.13 bits per heavy atom. The first-order chi connectivity index (χ1) is 14.6. The summed E-state index contributed by atoms with van der Waals surface area (Å²) in [6, 6.07) is 8.24. The van der Waals surface area contributed by atoms with E-state index < -0.39 is 0 Å². The van der Waals surface area contributed by atoms with Crippen LogP contribution in [0, 0.1) is 0 Å². The molecule has 1 fully saturated rings. The number of likely N-dealkylation sites (N-methyl/N-ethyl adjacent to an activating group) is 1. The molecule has 158 valence electrons. The number of β-amino-alcohol motifs (C(OH)–C–C–N with tert-alkyl or cyclic N) is 1. The molecule has 4 heterocycles. The molecule has 1 aromatic carbocycles. The van der Waals surface area contributed by atoms with Crippen LogP contribution in [0.5, 0.6) is 0 Å². The van der Waals surface area contributed by atoms with Crippen molar-refractivity contribution in [3.63, 3.8) is 0 Å². The van der Waals surface area contributed by atoms with Gasteiger partial charge in [0.2, 0.25) is 5.91 Å². The molecule has 2 aromatic heterocycles. The molecule has 0 radical (unpaired) electrons. The fourth-order valence-electron chi connectivity index (χ4n) is 4.49. The summed E-state index contributed by atoms with van der Waals surface area (Å²) in [7, 11) is 2.01. The van der Waals surface area contributed by atoms with Crippen LogP contribution in [0.2, 0.25) is 0 Å². The van der Waals surface area contributed by atoms with Crippen molar-refractivity contribution in [1.29, 1.82) is 0 Å². The van der Waals surface area contributed by atoms with Crippen LogP contribution in [0.4, 0.5) is 0 Å². The van der Waals surface area contributed by atoms with Gasteiger partial charge >= 0.3 is 0 Å². The lowest BCUT2D eigenvalue weighted by Gasteiger charge is -2.29. The molecule has 2 aliphatic heterocycles. The van der Waals surface area contributed by atoms with Gasteiger partial charge in [0.1, 0.15) is 0 Å². The molecule has 30 heavy (non-hydrogen) atoms. The monoisotopic (exact) mass is 426 g/mol. The topological polar surface area (TPSA) is 87.4 Å². The summed E-state index contributed by atoms with van der Waals surface area (Å²) in [4.78, 5) is 21.4. The third kappa shape index (κ3) is 3.73. The molecule has 3 aromatic rings. The van der Waals surface area contributed by atoms with Crippen molar-refractivity contribution in [2.45, 2.75) is 50.9 Å². The van der Waals surface area contributed by atoms with Gasteiger partial charge in [-0.15, -0.1) is 21.5 Å². The van der Waals surface area contributed by atoms with Gasteiger partial charge in [-0.3, -0.25) is 9.69 Å². The van der Waals surface area contributed by atoms with Crippen LogP contribution in [0.3, 0.4) is 0 Å². The minimum atomic E-state index is -0.315. The van der Waals surface area contributed by atoms with E-state index in [0.717, 1.165) is 35.0 Å². The SMILES string of the molecule is CN1CC(O)CC1c1nnc2n1CCN(C(=O)CCCc1nc3ccccc3s1)C2. The van der Waals surface area contributed by atoms with Gasteiger partial charge in [0.05, 0.1) is 33.9 Å². The van der Waals surface area contributed by atoms with E-state index in [1.165, 1.54) is 4.70 Å². The Bertz CT molecular complexity index is 1030. The molecular formula is C21H26N6O2S. The van der Waals surface area contributed by atoms with Crippen LogP contribution in [-0.4, -0.2) is 66.8 Å². The lowest BCUT2D eigenvalue weighted by molar-refractivity contribution is -0.132. The number of rotatable bonds is 5. The molecule has 1 amide bonds. The van der Waals surface area contributed by atoms with Gasteiger partial charge in [0, 0.05) is 26.1 Å². The Kier molecular flexibility index (Phi) is 5.26. The second-order valence-corrected chi connectivity index (χ2v) is 9.33. The number of carbonyl (C=O) groups is 1. The zero-order valence-corrected chi connectivity index (χ0v) is 17.9. The molecule has 1 saturated heterocycles. The summed E-state index contributed by atoms with van der Waals surface area (Å²) in [5.74, 6) is 1.91. The van der Waals surface area contributed by atoms with E-state index in [1.54, 1.807) is 11.3 Å². The molecule has 0 saturated carbocycles. The third-order valence-electron chi connectivity index (χ3n) is 6.08. The molecule has 9 heteroatoms. The number of aromatic nitrogens is 4. The highest BCUT2D eigenvalue weighted by atomic mass is 32.1. The fraction of sp³-hybridized carbons (Fsp3) is 0.524. The maximum Gasteiger partial charge on any atom is 0.223 e. The maximum absolute atomic E-state index is 12.7. The second kappa shape index (κ2) is 8.05. The number of carbonyl (C=O) groups excluding carboxylic acids is 1. The van der Waals surface area contributed by atoms with E-state index in [1.807, 2.05) is 30.1 Å². The highest BCUT2D eigenvalue weighted by Crippen LogP contribution is 2.31. The summed E-state index contributed by atoms with van der Waals surface area (Å²) < 4.78 is 3.33. The number of aryl methyl sites for hydroxylation is 1. The Morgan fingerprint density at radius 1 is 1.27 bits per heavy atom. The third-order valence-corrected chi connectivity index (χ3v) is 7.17. The van der Waals surface area contributed by atoms with E-state index in [0.29, 0.717) is 39.0 Å². The van der Waals surface area contributed by atoms with Gasteiger partial charge in [0.15, 0.2) is 11.6 Å². The number of thiazole rings is 1. The summed E-state index contributed by atoms with van der Waals surface area (Å²) >= 11 is 1.71. The normalized spacial score (nSPS) is 22.0. The van der Waals surface area contributed by atoms with Crippen molar-refractivity contribution in [2.24, 2.45) is 0 Å². The van der Waals surface area contributed by atoms with E-state index in [4.69, 9.17) is 0 Å². The quantitative estimate of drug-likeness (QED) is 0.671. The predicted molar refractivity (Wildman–Crippen MR) is 114 cm³/mol. The summed E-state index contributed by atoms with van der Waals surface area (Å²) in [5, 5.41) is 19.8. The summed E-state index contributed by atoms with van der Waals surface area (Å²) in [5.41, 5.74) is 1.04. The first kappa shape index (κ1) is 19.6. The second-order valence-electron chi connectivity index (χ2n) is 8.22. The van der Waals surface area contributed by atoms with Crippen molar-refractivity contribution in [3.8, 4) is 0 Å². The van der Waals surface area contributed by atoms with Crippen LogP contribution in [-0.2, 0) is 24.3 Å². The maximum atomic E-state index is 12.7. The number of hydrogen-bond donors (Lipinski definition) is 1. The van der Waals surface area contributed by atoms with Crippen LogP contribution in [0.25, 0.3) is 10.2 Å². The fourth-order valence-corrected chi connectivity index (χ4v) is 5.50. The molecule has 1 N–H and O–H groups in total. The van der Waals surface area contributed by atoms with Gasteiger partial charge in [-0.05, 0) is 38.4 Å². The number of fused-ring (bicyclic) bond motifs is 2. The van der Waals surface area contributed by atoms with Crippen LogP contribution < -0.4 is 0 Å². The zero-order valence-electron chi connectivity index (χ0n) is 17.1. The number of benzene rings is 1. The molecule has 0 aliphatic carbocycles. The van der Waals surface area contributed by atoms with Gasteiger partial charge in [-0.2, -0.15) is 0 Å². The smallest absolute Gasteiger partial charge is 0.223 e. The molecule has 2 unspecified atom stereocenters. The van der Waals surface area contributed by atoms with Crippen molar-refractivity contribution in [1.82, 2.24) is 29.5 Å². The Hall–Kier alpha value is -2.36. The highest BCUT2D eigenvalue weighted by Gasteiger charge is 2.35. The van der Waals surface area contributed by atoms with Crippen molar-refractivity contribution in [2.75, 3.05) is 20.1 Å². The van der Waals surface area contributed by atoms with Crippen LogP contribution in [0.1, 0.15) is 42.0 Å². The molecule has 2 atom stereocenters. The Morgan fingerprint density at radius 3 is 2.93 bits per heavy atom. The van der Waals surface area contributed by atoms with Gasteiger partial charge in [-0.1, -0.05) is 12.1 Å². The Labute approximate surface area is 179 Å². The minimum absolute atomic E-state index is 0.0947. The summed E-state index contributed by atoms with van der Waals surface area (Å²) in [6.45, 7) is 2.55. The predicted octanol–water partition coefficient (Wildman–Crippen LogP) is 1.99. The van der Waals surface area contributed by atoms with Gasteiger partial charge in [0.25, 0.3) is 0 Å². The molecule has 2 aliphatic rings. The number of aliphatic hydroxyl groups excluding tert-OH is 1. The average molecular weight is 427 g/mol. The number of nitrogens with zero attached hydrogens (tertiary/aromatic N) is 6. The lowest BCUT2D eigenvalue weighted by Crippen LogP contribution is -2.39. The first-order valence-electron chi connectivity index (χ1n) is 10.5. The van der Waals surface area contributed by atoms with Crippen molar-refractivity contribution >= 4 is 27.5 Å². The number of likely N-dealkylation sites (tertiary alicyclic amines) is 1. The molecule has 0 spiro atoms. The minimum Gasteiger partial charge on any atom is -0.392 e. The molecule has 5 rings (SSSR count). The van der Waals surface area contributed by atoms with Gasteiger partial charge in [-0.25, -0.2) is 4.98 Å². The average Bonchev–Trinajstić information content (AvgIpc) is 3.43. The molecular weight excluding hydrogens is 400 g/mol. The summed E-state index contributed by atoms with van der Waals surface area (Å²) in [6.07, 6.45) is 2.52. The largest absolute Gasteiger partial charge is 0.392 e. The van der Waals surface area contributed by atoms with Crippen LogP contribution >= 0.6 is 11.3 Å². The lowest BCUT2D eigenvalue weighted by atomic mass is 10.1. The van der Waals surface area contributed by atoms with Crippen LogP contribution in [0.15, 0.2) is 24.3 Å². The standard InChI is InChI=1S/C21H26N6O2S/c1-25-12-14(28)11-16(25)21-24-23-18-13-26(9-10-27(18)21)20(29)8-4-7-19-22-15-5-2-3-6-17(15)30-19/h2-3,5-6,14,16,28H,4,7-13H2,1H3. The van der Waals surface area contributed by atoms with E-state index in [-0.39, 0.29) is 18.1 Å². The van der Waals surface area contributed by atoms with E-state index in [2.05, 4.69) is 30.7 Å². The molecule has 0 bridgehead atoms. The number of para-hydroxylation sites is 1. The van der Waals surface area contributed by atoms with Crippen molar-refractivity contribution in [3.05, 3.63) is 40.9 Å². The first-order valence-corrected chi connectivity index (χ1v) is 11.3. The number of hydrogen-bond acceptors (Lipinski definition) is 7. The van der Waals surface area contributed by atoms with Gasteiger partial charge < -0.3 is 14.6 Å². The Balaban J connectivity index is 1.17.